The van der Waals surface area contributed by atoms with Gasteiger partial charge >= 0.3 is 5.97 Å². The summed E-state index contributed by atoms with van der Waals surface area (Å²) in [5, 5.41) is 7.28. The SMILES string of the molecule is Cc1ccc(NCC(=O)N/N=C/c2ccc(OC(=O)c3ccccc3Cl)cc2)cc1. The Morgan fingerprint density at radius 3 is 2.40 bits per heavy atom. The number of aryl methyl sites for hydroxylation is 1. The van der Waals surface area contributed by atoms with Crippen LogP contribution in [0.25, 0.3) is 0 Å². The van der Waals surface area contributed by atoms with Gasteiger partial charge in [-0.25, -0.2) is 10.2 Å². The van der Waals surface area contributed by atoms with Crippen molar-refractivity contribution in [1.29, 1.82) is 0 Å². The first kappa shape index (κ1) is 21.1. The molecular weight excluding hydrogens is 402 g/mol. The summed E-state index contributed by atoms with van der Waals surface area (Å²) in [6, 6.07) is 21.1. The standard InChI is InChI=1S/C23H20ClN3O3/c1-16-6-10-18(11-7-16)25-15-22(28)27-26-14-17-8-12-19(13-9-17)30-23(29)20-4-2-3-5-21(20)24/h2-14,25H,15H2,1H3,(H,27,28)/b26-14+. The van der Waals surface area contributed by atoms with E-state index in [0.717, 1.165) is 16.8 Å². The molecular formula is C23H20ClN3O3. The highest BCUT2D eigenvalue weighted by Crippen LogP contribution is 2.18. The number of hydrazone groups is 1. The van der Waals surface area contributed by atoms with E-state index in [1.807, 2.05) is 31.2 Å². The molecule has 0 saturated carbocycles. The van der Waals surface area contributed by atoms with Crippen LogP contribution in [0.4, 0.5) is 5.69 Å². The van der Waals surface area contributed by atoms with Crippen LogP contribution in [0.2, 0.25) is 5.02 Å². The minimum absolute atomic E-state index is 0.108. The number of carbonyl (C=O) groups is 2. The van der Waals surface area contributed by atoms with Crippen LogP contribution in [-0.4, -0.2) is 24.6 Å². The van der Waals surface area contributed by atoms with Crippen LogP contribution in [0.3, 0.4) is 0 Å². The Hall–Kier alpha value is -3.64. The van der Waals surface area contributed by atoms with E-state index >= 15 is 0 Å². The van der Waals surface area contributed by atoms with Crippen molar-refractivity contribution in [3.05, 3.63) is 94.5 Å². The second kappa shape index (κ2) is 10.2. The smallest absolute Gasteiger partial charge is 0.345 e. The number of amides is 1. The molecule has 0 saturated heterocycles. The third-order valence-electron chi connectivity index (χ3n) is 4.09. The first-order valence-corrected chi connectivity index (χ1v) is 9.58. The summed E-state index contributed by atoms with van der Waals surface area (Å²) in [4.78, 5) is 24.0. The fourth-order valence-electron chi connectivity index (χ4n) is 2.48. The van der Waals surface area contributed by atoms with Crippen molar-refractivity contribution in [1.82, 2.24) is 5.43 Å². The molecule has 3 rings (SSSR count). The molecule has 2 N–H and O–H groups in total. The van der Waals surface area contributed by atoms with Crippen LogP contribution in [-0.2, 0) is 4.79 Å². The van der Waals surface area contributed by atoms with Crippen molar-refractivity contribution in [2.24, 2.45) is 5.10 Å². The zero-order chi connectivity index (χ0) is 21.3. The van der Waals surface area contributed by atoms with Crippen LogP contribution in [0.1, 0.15) is 21.5 Å². The number of benzene rings is 3. The molecule has 0 aliphatic heterocycles. The van der Waals surface area contributed by atoms with E-state index in [4.69, 9.17) is 16.3 Å². The summed E-state index contributed by atoms with van der Waals surface area (Å²) < 4.78 is 5.31. The van der Waals surface area contributed by atoms with E-state index in [9.17, 15) is 9.59 Å². The largest absolute Gasteiger partial charge is 0.423 e. The fraction of sp³-hybridized carbons (Fsp3) is 0.0870. The van der Waals surface area contributed by atoms with Crippen molar-refractivity contribution in [3.63, 3.8) is 0 Å². The Morgan fingerprint density at radius 2 is 1.70 bits per heavy atom. The highest BCUT2D eigenvalue weighted by molar-refractivity contribution is 6.33. The lowest BCUT2D eigenvalue weighted by atomic mass is 10.2. The number of ether oxygens (including phenoxy) is 1. The van der Waals surface area contributed by atoms with Gasteiger partial charge in [-0.1, -0.05) is 41.4 Å². The Morgan fingerprint density at radius 1 is 1.00 bits per heavy atom. The molecule has 0 aliphatic rings. The zero-order valence-electron chi connectivity index (χ0n) is 16.3. The predicted octanol–water partition coefficient (Wildman–Crippen LogP) is 4.43. The van der Waals surface area contributed by atoms with Crippen molar-refractivity contribution in [3.8, 4) is 5.75 Å². The van der Waals surface area contributed by atoms with Gasteiger partial charge in [0, 0.05) is 5.69 Å². The van der Waals surface area contributed by atoms with Gasteiger partial charge in [0.15, 0.2) is 0 Å². The molecule has 0 radical (unpaired) electrons. The summed E-state index contributed by atoms with van der Waals surface area (Å²) in [6.45, 7) is 2.11. The van der Waals surface area contributed by atoms with Crippen LogP contribution in [0, 0.1) is 6.92 Å². The fourth-order valence-corrected chi connectivity index (χ4v) is 2.70. The number of halogens is 1. The van der Waals surface area contributed by atoms with Crippen molar-refractivity contribution < 1.29 is 14.3 Å². The quantitative estimate of drug-likeness (QED) is 0.256. The summed E-state index contributed by atoms with van der Waals surface area (Å²) in [5.41, 5.74) is 5.50. The van der Waals surface area contributed by atoms with Gasteiger partial charge in [-0.2, -0.15) is 5.10 Å². The summed E-state index contributed by atoms with van der Waals surface area (Å²) in [7, 11) is 0. The molecule has 0 aromatic heterocycles. The van der Waals surface area contributed by atoms with Crippen LogP contribution in [0.15, 0.2) is 77.9 Å². The molecule has 3 aromatic carbocycles. The predicted molar refractivity (Wildman–Crippen MR) is 118 cm³/mol. The highest BCUT2D eigenvalue weighted by atomic mass is 35.5. The van der Waals surface area contributed by atoms with E-state index in [1.165, 1.54) is 6.21 Å². The molecule has 30 heavy (non-hydrogen) atoms. The van der Waals surface area contributed by atoms with Crippen molar-refractivity contribution >= 4 is 35.4 Å². The monoisotopic (exact) mass is 421 g/mol. The average molecular weight is 422 g/mol. The maximum Gasteiger partial charge on any atom is 0.345 e. The van der Waals surface area contributed by atoms with E-state index in [-0.39, 0.29) is 12.5 Å². The number of nitrogens with zero attached hydrogens (tertiary/aromatic N) is 1. The molecule has 0 bridgehead atoms. The Bertz CT molecular complexity index is 1050. The van der Waals surface area contributed by atoms with Crippen molar-refractivity contribution in [2.45, 2.75) is 6.92 Å². The number of nitrogens with one attached hydrogen (secondary N) is 2. The molecule has 0 fully saturated rings. The number of esters is 1. The maximum absolute atomic E-state index is 12.2. The maximum atomic E-state index is 12.2. The Labute approximate surface area is 179 Å². The number of hydrogen-bond acceptors (Lipinski definition) is 5. The topological polar surface area (TPSA) is 79.8 Å². The zero-order valence-corrected chi connectivity index (χ0v) is 17.0. The third-order valence-corrected chi connectivity index (χ3v) is 4.42. The first-order chi connectivity index (χ1) is 14.5. The summed E-state index contributed by atoms with van der Waals surface area (Å²) in [6.07, 6.45) is 1.50. The molecule has 1 amide bonds. The van der Waals surface area contributed by atoms with Gasteiger partial charge in [0.25, 0.3) is 5.91 Å². The second-order valence-electron chi connectivity index (χ2n) is 6.45. The molecule has 0 aliphatic carbocycles. The summed E-state index contributed by atoms with van der Waals surface area (Å²) >= 11 is 6.00. The van der Waals surface area contributed by atoms with Gasteiger partial charge in [-0.3, -0.25) is 4.79 Å². The minimum Gasteiger partial charge on any atom is -0.423 e. The van der Waals surface area contributed by atoms with E-state index in [1.54, 1.807) is 48.5 Å². The minimum atomic E-state index is -0.532. The van der Waals surface area contributed by atoms with E-state index in [0.29, 0.717) is 16.3 Å². The van der Waals surface area contributed by atoms with Gasteiger partial charge < -0.3 is 10.1 Å². The lowest BCUT2D eigenvalue weighted by Gasteiger charge is -2.06. The van der Waals surface area contributed by atoms with Crippen LogP contribution < -0.4 is 15.5 Å². The van der Waals surface area contributed by atoms with Crippen molar-refractivity contribution in [2.75, 3.05) is 11.9 Å². The molecule has 6 nitrogen and oxygen atoms in total. The number of hydrogen-bond donors (Lipinski definition) is 2. The number of carbonyl (C=O) groups excluding carboxylic acids is 2. The van der Waals surface area contributed by atoms with Gasteiger partial charge in [0.05, 0.1) is 23.3 Å². The molecule has 3 aromatic rings. The summed E-state index contributed by atoms with van der Waals surface area (Å²) in [5.74, 6) is -0.420. The van der Waals surface area contributed by atoms with Gasteiger partial charge in [-0.05, 0) is 61.0 Å². The van der Waals surface area contributed by atoms with Crippen LogP contribution in [0.5, 0.6) is 5.75 Å². The third kappa shape index (κ3) is 6.18. The van der Waals surface area contributed by atoms with Gasteiger partial charge in [-0.15, -0.1) is 0 Å². The van der Waals surface area contributed by atoms with Gasteiger partial charge in [0.1, 0.15) is 5.75 Å². The normalized spacial score (nSPS) is 10.6. The Balaban J connectivity index is 1.47. The molecule has 7 heteroatoms. The molecule has 0 heterocycles. The number of rotatable bonds is 7. The Kier molecular flexibility index (Phi) is 7.19. The second-order valence-corrected chi connectivity index (χ2v) is 6.86. The molecule has 0 unspecified atom stereocenters. The lowest BCUT2D eigenvalue weighted by molar-refractivity contribution is -0.119. The van der Waals surface area contributed by atoms with Gasteiger partial charge in [0.2, 0.25) is 0 Å². The molecule has 0 atom stereocenters. The van der Waals surface area contributed by atoms with Crippen LogP contribution >= 0.6 is 11.6 Å². The molecule has 152 valence electrons. The molecule has 0 spiro atoms. The highest BCUT2D eigenvalue weighted by Gasteiger charge is 2.11. The first-order valence-electron chi connectivity index (χ1n) is 9.20. The lowest BCUT2D eigenvalue weighted by Crippen LogP contribution is -2.25. The van der Waals surface area contributed by atoms with E-state index < -0.39 is 5.97 Å². The number of anilines is 1. The average Bonchev–Trinajstić information content (AvgIpc) is 2.75. The van der Waals surface area contributed by atoms with E-state index in [2.05, 4.69) is 15.8 Å².